The zero-order valence-corrected chi connectivity index (χ0v) is 54.2. The second kappa shape index (κ2) is 22.4. The molecule has 8 aromatic carbocycles. The van der Waals surface area contributed by atoms with Gasteiger partial charge >= 0.3 is 18.9 Å². The van der Waals surface area contributed by atoms with E-state index in [-0.39, 0.29) is 18.9 Å². The average Bonchev–Trinajstić information content (AvgIpc) is 1.70. The van der Waals surface area contributed by atoms with E-state index in [2.05, 4.69) is 255 Å². The maximum absolute atomic E-state index is 6.73. The standard InChI is InChI=1S/C31H27NSi.C16H27N.C16H13N.C15H15ClSi.Li/c1-32-27-19-11-10-18-26(27)28-22-14-6-9-17-25(22)31(29(28)32)33(2,3)30-23-15-7-4-12-20(23)21-13-5-8-16-24(21)30;2*1-17-14-9-5-4-8-13(14)16-12-7-3-2-6-11(12)10-15(16)17;1-17(2,16)15-13-9-5-3-7-11(13)12-8-4-6-10-14(12)15;/h4-19,30-31H,1-3H3;11-16H,2-10H2,1H3;2-9H,10H2,1H3;3-10,15H,1-2H3;/q;;;;+1. The molecule has 4 fully saturated rings. The molecule has 1 aliphatic heterocycles. The molecule has 7 aliphatic carbocycles. The van der Waals surface area contributed by atoms with Crippen molar-refractivity contribution in [2.45, 2.75) is 119 Å². The van der Waals surface area contributed by atoms with Gasteiger partial charge in [0.15, 0.2) is 7.38 Å². The van der Waals surface area contributed by atoms with Crippen molar-refractivity contribution >= 4 is 48.3 Å². The van der Waals surface area contributed by atoms with E-state index < -0.39 is 15.5 Å². The first-order valence-electron chi connectivity index (χ1n) is 32.0. The number of hydrogen-bond acceptors (Lipinski definition) is 1. The number of halogens is 1. The molecule has 3 heterocycles. The molecule has 10 aromatic rings. The van der Waals surface area contributed by atoms with Crippen LogP contribution in [0.5, 0.6) is 0 Å². The molecular formula is C78H82ClLiN3Si2+. The first-order chi connectivity index (χ1) is 40.9. The molecule has 18 rings (SSSR count). The van der Waals surface area contributed by atoms with E-state index in [9.17, 15) is 0 Å². The minimum atomic E-state index is -1.96. The molecule has 85 heavy (non-hydrogen) atoms. The van der Waals surface area contributed by atoms with Gasteiger partial charge in [-0.15, -0.1) is 0 Å². The summed E-state index contributed by atoms with van der Waals surface area (Å²) in [6, 6.07) is 73.1. The van der Waals surface area contributed by atoms with Crippen LogP contribution in [0.25, 0.3) is 66.3 Å². The molecule has 0 bridgehead atoms. The Morgan fingerprint density at radius 2 is 0.847 bits per heavy atom. The average molecular weight is 1160 g/mol. The molecular weight excluding hydrogens is 1080 g/mol. The number of rotatable bonds is 3. The Bertz CT molecular complexity index is 4070. The van der Waals surface area contributed by atoms with Crippen molar-refractivity contribution < 1.29 is 18.9 Å². The van der Waals surface area contributed by atoms with Crippen LogP contribution in [-0.2, 0) is 20.5 Å². The van der Waals surface area contributed by atoms with Gasteiger partial charge in [0.1, 0.15) is 0 Å². The van der Waals surface area contributed by atoms with Crippen molar-refractivity contribution in [3.63, 3.8) is 0 Å². The van der Waals surface area contributed by atoms with E-state index in [1.165, 1.54) is 143 Å². The summed E-state index contributed by atoms with van der Waals surface area (Å²) in [7, 11) is 3.19. The van der Waals surface area contributed by atoms with Crippen LogP contribution < -0.4 is 18.9 Å². The monoisotopic (exact) mass is 1160 g/mol. The zero-order chi connectivity index (χ0) is 57.2. The second-order valence-corrected chi connectivity index (χ2v) is 38.9. The Morgan fingerprint density at radius 1 is 0.412 bits per heavy atom. The SMILES string of the molecule is CN1C2CCCCC2C2C3CCCCC3CC21.C[Si](C)(Cl)C1c2ccccc2-c2ccccc21.Cn1c2c(c3ccccc31)-c1ccccc1C2.Cn1c2c(c3ccccc31)-c1ccccc1C2[Si](C)(C)C1c2ccccc2-c2ccccc21.[Li+]. The van der Waals surface area contributed by atoms with Crippen molar-refractivity contribution in [3.05, 3.63) is 239 Å². The maximum atomic E-state index is 6.73. The molecule has 1 saturated heterocycles. The van der Waals surface area contributed by atoms with Gasteiger partial charge in [-0.05, 0) is 135 Å². The number of likely N-dealkylation sites (tertiary alicyclic amines) is 1. The van der Waals surface area contributed by atoms with Crippen molar-refractivity contribution in [2.24, 2.45) is 37.8 Å². The Balaban J connectivity index is 0.000000106. The van der Waals surface area contributed by atoms with E-state index in [0.29, 0.717) is 16.6 Å². The number of benzene rings is 8. The third kappa shape index (κ3) is 9.17. The number of nitrogens with zero attached hydrogens (tertiary/aromatic N) is 3. The molecule has 7 unspecified atom stereocenters. The molecule has 424 valence electrons. The normalized spacial score (nSPS) is 22.7. The van der Waals surface area contributed by atoms with Gasteiger partial charge in [-0.3, -0.25) is 4.90 Å². The zero-order valence-electron chi connectivity index (χ0n) is 51.5. The number of aryl methyl sites for hydroxylation is 2. The van der Waals surface area contributed by atoms with Gasteiger partial charge in [-0.1, -0.05) is 240 Å². The molecule has 2 aromatic heterocycles. The van der Waals surface area contributed by atoms with Gasteiger partial charge in [0.25, 0.3) is 0 Å². The smallest absolute Gasteiger partial charge is 0.347 e. The van der Waals surface area contributed by atoms with Crippen molar-refractivity contribution in [3.8, 4) is 44.5 Å². The van der Waals surface area contributed by atoms with E-state index in [4.69, 9.17) is 11.1 Å². The largest absolute Gasteiger partial charge is 1.00 e. The number of para-hydroxylation sites is 2. The van der Waals surface area contributed by atoms with Crippen LogP contribution in [0.4, 0.5) is 0 Å². The van der Waals surface area contributed by atoms with Crippen LogP contribution in [0.1, 0.15) is 119 Å². The summed E-state index contributed by atoms with van der Waals surface area (Å²) in [6.07, 6.45) is 14.9. The predicted octanol–water partition coefficient (Wildman–Crippen LogP) is 17.1. The minimum Gasteiger partial charge on any atom is -0.347 e. The van der Waals surface area contributed by atoms with Crippen LogP contribution in [-0.4, -0.2) is 48.6 Å². The number of fused-ring (bicyclic) bond motifs is 21. The third-order valence-corrected chi connectivity index (χ3v) is 29.3. The summed E-state index contributed by atoms with van der Waals surface area (Å²) in [5, 5.41) is 2.77. The van der Waals surface area contributed by atoms with Gasteiger partial charge in [0.05, 0.1) is 8.07 Å². The Morgan fingerprint density at radius 3 is 1.42 bits per heavy atom. The molecule has 0 N–H and O–H groups in total. The molecule has 7 heteroatoms. The predicted molar refractivity (Wildman–Crippen MR) is 360 cm³/mol. The van der Waals surface area contributed by atoms with Crippen molar-refractivity contribution in [2.75, 3.05) is 7.05 Å². The minimum absolute atomic E-state index is 0. The van der Waals surface area contributed by atoms with E-state index >= 15 is 0 Å². The summed E-state index contributed by atoms with van der Waals surface area (Å²) < 4.78 is 4.83. The molecule has 3 nitrogen and oxygen atoms in total. The van der Waals surface area contributed by atoms with Crippen LogP contribution in [0.3, 0.4) is 0 Å². The van der Waals surface area contributed by atoms with Gasteiger partial charge in [-0.2, -0.15) is 11.1 Å². The van der Waals surface area contributed by atoms with Gasteiger partial charge < -0.3 is 9.13 Å². The second-order valence-electron chi connectivity index (χ2n) is 27.5. The topological polar surface area (TPSA) is 13.1 Å². The molecule has 0 spiro atoms. The fourth-order valence-corrected chi connectivity index (χ4v) is 26.4. The number of hydrogen-bond donors (Lipinski definition) is 0. The summed E-state index contributed by atoms with van der Waals surface area (Å²) in [5.74, 6) is 4.44. The molecule has 3 saturated carbocycles. The van der Waals surface area contributed by atoms with Crippen LogP contribution in [0, 0.1) is 23.7 Å². The summed E-state index contributed by atoms with van der Waals surface area (Å²) in [4.78, 5) is 2.83. The van der Waals surface area contributed by atoms with Gasteiger partial charge in [0, 0.05) is 93.5 Å². The maximum Gasteiger partial charge on any atom is 1.00 e. The Labute approximate surface area is 524 Å². The van der Waals surface area contributed by atoms with E-state index in [1.54, 1.807) is 25.7 Å². The van der Waals surface area contributed by atoms with Gasteiger partial charge in [-0.25, -0.2) is 0 Å². The van der Waals surface area contributed by atoms with Crippen molar-refractivity contribution in [1.29, 1.82) is 0 Å². The van der Waals surface area contributed by atoms with Crippen LogP contribution >= 0.6 is 11.1 Å². The summed E-state index contributed by atoms with van der Waals surface area (Å²) >= 11 is 6.73. The Hall–Kier alpha value is -5.88. The first-order valence-corrected chi connectivity index (χ1v) is 39.2. The summed E-state index contributed by atoms with van der Waals surface area (Å²) in [5.41, 5.74) is 27.3. The molecule has 0 amide bonds. The first kappa shape index (κ1) is 56.9. The third-order valence-electron chi connectivity index (χ3n) is 22.5. The fraction of sp³-hybridized carbons (Fsp3) is 0.333. The molecule has 7 atom stereocenters. The van der Waals surface area contributed by atoms with Crippen molar-refractivity contribution in [1.82, 2.24) is 14.0 Å². The number of aromatic nitrogens is 2. The van der Waals surface area contributed by atoms with Crippen LogP contribution in [0.2, 0.25) is 26.2 Å². The quantitative estimate of drug-likeness (QED) is 0.127. The summed E-state index contributed by atoms with van der Waals surface area (Å²) in [6.45, 7) is 9.73. The van der Waals surface area contributed by atoms with Gasteiger partial charge in [0.2, 0.25) is 0 Å². The van der Waals surface area contributed by atoms with Crippen LogP contribution in [0.15, 0.2) is 194 Å². The van der Waals surface area contributed by atoms with E-state index in [0.717, 1.165) is 42.2 Å². The molecule has 8 aliphatic rings. The Kier molecular flexibility index (Phi) is 15.0. The van der Waals surface area contributed by atoms with E-state index in [1.807, 2.05) is 0 Å². The fourth-order valence-electron chi connectivity index (χ4n) is 19.2. The molecule has 0 radical (unpaired) electrons.